The van der Waals surface area contributed by atoms with Crippen LogP contribution in [0.4, 0.5) is 0 Å². The minimum atomic E-state index is -0.835. The van der Waals surface area contributed by atoms with E-state index in [2.05, 4.69) is 5.10 Å². The first-order valence-corrected chi connectivity index (χ1v) is 6.40. The van der Waals surface area contributed by atoms with Gasteiger partial charge in [0, 0.05) is 19.6 Å². The molecular weight excluding hydrogens is 254 g/mol. The van der Waals surface area contributed by atoms with E-state index < -0.39 is 5.97 Å². The second-order valence-electron chi connectivity index (χ2n) is 4.58. The number of aromatic nitrogens is 2. The summed E-state index contributed by atoms with van der Waals surface area (Å²) in [5.74, 6) is -0.835. The zero-order valence-corrected chi connectivity index (χ0v) is 12.0. The van der Waals surface area contributed by atoms with E-state index in [4.69, 9.17) is 16.7 Å². The fraction of sp³-hybridized carbons (Fsp3) is 0.667. The SMILES string of the molecule is CCc1nn(C)c(CN(CC(=O)O)C(C)C)c1Cl. The van der Waals surface area contributed by atoms with E-state index in [0.29, 0.717) is 11.6 Å². The standard InChI is InChI=1S/C12H20ClN3O2/c1-5-9-12(13)10(15(4)14-9)6-16(8(2)3)7-11(17)18/h8H,5-7H2,1-4H3,(H,17,18). The largest absolute Gasteiger partial charge is 0.480 e. The summed E-state index contributed by atoms with van der Waals surface area (Å²) in [6, 6.07) is 0.136. The van der Waals surface area contributed by atoms with Crippen LogP contribution in [0.1, 0.15) is 32.2 Å². The number of nitrogens with zero attached hydrogens (tertiary/aromatic N) is 3. The number of carboxylic acids is 1. The van der Waals surface area contributed by atoms with Gasteiger partial charge in [0.05, 0.1) is 23.0 Å². The molecule has 1 aromatic rings. The zero-order valence-electron chi connectivity index (χ0n) is 11.3. The molecule has 5 nitrogen and oxygen atoms in total. The van der Waals surface area contributed by atoms with Crippen LogP contribution in [0, 0.1) is 0 Å². The number of aliphatic carboxylic acids is 1. The summed E-state index contributed by atoms with van der Waals surface area (Å²) >= 11 is 6.26. The molecule has 0 spiro atoms. The Hall–Kier alpha value is -1.07. The van der Waals surface area contributed by atoms with E-state index >= 15 is 0 Å². The van der Waals surface area contributed by atoms with Crippen LogP contribution in [0.15, 0.2) is 0 Å². The maximum absolute atomic E-state index is 10.8. The third kappa shape index (κ3) is 3.46. The molecule has 0 amide bonds. The molecule has 0 radical (unpaired) electrons. The Bertz CT molecular complexity index is 429. The predicted octanol–water partition coefficient (Wildman–Crippen LogP) is 1.93. The summed E-state index contributed by atoms with van der Waals surface area (Å²) in [5, 5.41) is 13.9. The minimum absolute atomic E-state index is 0.000629. The summed E-state index contributed by atoms with van der Waals surface area (Å²) < 4.78 is 1.73. The lowest BCUT2D eigenvalue weighted by atomic mass is 10.2. The van der Waals surface area contributed by atoms with Gasteiger partial charge in [-0.2, -0.15) is 5.10 Å². The first-order valence-electron chi connectivity index (χ1n) is 6.02. The first-order chi connectivity index (χ1) is 8.36. The van der Waals surface area contributed by atoms with Crippen molar-refractivity contribution in [3.8, 4) is 0 Å². The molecule has 0 aromatic carbocycles. The van der Waals surface area contributed by atoms with Gasteiger partial charge in [-0.25, -0.2) is 0 Å². The van der Waals surface area contributed by atoms with Crippen molar-refractivity contribution in [1.82, 2.24) is 14.7 Å². The number of carboxylic acid groups (broad SMARTS) is 1. The molecule has 0 saturated heterocycles. The van der Waals surface area contributed by atoms with Crippen molar-refractivity contribution in [3.05, 3.63) is 16.4 Å². The molecule has 0 aliphatic carbocycles. The number of aryl methyl sites for hydroxylation is 2. The lowest BCUT2D eigenvalue weighted by Crippen LogP contribution is -2.35. The molecule has 1 aromatic heterocycles. The maximum atomic E-state index is 10.8. The van der Waals surface area contributed by atoms with Crippen LogP contribution in [0.2, 0.25) is 5.02 Å². The second kappa shape index (κ2) is 6.20. The third-order valence-corrected chi connectivity index (χ3v) is 3.36. The fourth-order valence-corrected chi connectivity index (χ4v) is 2.13. The van der Waals surface area contributed by atoms with Crippen LogP contribution in [0.25, 0.3) is 0 Å². The highest BCUT2D eigenvalue weighted by Gasteiger charge is 2.19. The van der Waals surface area contributed by atoms with Gasteiger partial charge in [-0.3, -0.25) is 14.4 Å². The van der Waals surface area contributed by atoms with Gasteiger partial charge in [0.25, 0.3) is 0 Å². The molecule has 6 heteroatoms. The third-order valence-electron chi connectivity index (χ3n) is 2.92. The lowest BCUT2D eigenvalue weighted by Gasteiger charge is -2.24. The van der Waals surface area contributed by atoms with E-state index in [-0.39, 0.29) is 12.6 Å². The summed E-state index contributed by atoms with van der Waals surface area (Å²) in [5.41, 5.74) is 1.72. The van der Waals surface area contributed by atoms with Gasteiger partial charge in [0.2, 0.25) is 0 Å². The Balaban J connectivity index is 2.93. The normalized spacial score (nSPS) is 11.5. The fourth-order valence-electron chi connectivity index (χ4n) is 1.78. The van der Waals surface area contributed by atoms with Crippen molar-refractivity contribution in [1.29, 1.82) is 0 Å². The number of hydrogen-bond donors (Lipinski definition) is 1. The van der Waals surface area contributed by atoms with Crippen molar-refractivity contribution in [2.24, 2.45) is 7.05 Å². The summed E-state index contributed by atoms with van der Waals surface area (Å²) in [7, 11) is 1.83. The molecule has 0 bridgehead atoms. The van der Waals surface area contributed by atoms with Crippen molar-refractivity contribution in [3.63, 3.8) is 0 Å². The van der Waals surface area contributed by atoms with E-state index in [1.165, 1.54) is 0 Å². The van der Waals surface area contributed by atoms with Gasteiger partial charge in [-0.15, -0.1) is 0 Å². The average molecular weight is 274 g/mol. The molecule has 0 aliphatic heterocycles. The van der Waals surface area contributed by atoms with Crippen molar-refractivity contribution >= 4 is 17.6 Å². The average Bonchev–Trinajstić information content (AvgIpc) is 2.54. The molecule has 1 rings (SSSR count). The molecule has 0 saturated carbocycles. The first kappa shape index (κ1) is 15.0. The highest BCUT2D eigenvalue weighted by atomic mass is 35.5. The van der Waals surface area contributed by atoms with Crippen molar-refractivity contribution < 1.29 is 9.90 Å². The van der Waals surface area contributed by atoms with Gasteiger partial charge < -0.3 is 5.11 Å². The molecule has 18 heavy (non-hydrogen) atoms. The molecule has 0 unspecified atom stereocenters. The lowest BCUT2D eigenvalue weighted by molar-refractivity contribution is -0.139. The Labute approximate surface area is 112 Å². The van der Waals surface area contributed by atoms with Crippen molar-refractivity contribution in [2.45, 2.75) is 39.8 Å². The van der Waals surface area contributed by atoms with E-state index in [1.54, 1.807) is 4.68 Å². The highest BCUT2D eigenvalue weighted by Crippen LogP contribution is 2.22. The maximum Gasteiger partial charge on any atom is 0.317 e. The molecule has 0 fully saturated rings. The minimum Gasteiger partial charge on any atom is -0.480 e. The number of rotatable bonds is 6. The molecule has 102 valence electrons. The Kier molecular flexibility index (Phi) is 5.16. The van der Waals surface area contributed by atoms with Crippen LogP contribution in [0.5, 0.6) is 0 Å². The Morgan fingerprint density at radius 3 is 2.56 bits per heavy atom. The monoisotopic (exact) mass is 273 g/mol. The summed E-state index contributed by atoms with van der Waals surface area (Å²) in [6.07, 6.45) is 0.771. The van der Waals surface area contributed by atoms with Gasteiger partial charge in [0.15, 0.2) is 0 Å². The topological polar surface area (TPSA) is 58.4 Å². The van der Waals surface area contributed by atoms with Crippen LogP contribution < -0.4 is 0 Å². The van der Waals surface area contributed by atoms with E-state index in [9.17, 15) is 4.79 Å². The van der Waals surface area contributed by atoms with Crippen LogP contribution in [-0.4, -0.2) is 38.3 Å². The highest BCUT2D eigenvalue weighted by molar-refractivity contribution is 6.31. The number of carbonyl (C=O) groups is 1. The van der Waals surface area contributed by atoms with Gasteiger partial charge in [0.1, 0.15) is 0 Å². The van der Waals surface area contributed by atoms with Gasteiger partial charge >= 0.3 is 5.97 Å². The zero-order chi connectivity index (χ0) is 13.9. The van der Waals surface area contributed by atoms with E-state index in [1.807, 2.05) is 32.7 Å². The van der Waals surface area contributed by atoms with Crippen LogP contribution in [0.3, 0.4) is 0 Å². The Morgan fingerprint density at radius 2 is 2.17 bits per heavy atom. The summed E-state index contributed by atoms with van der Waals surface area (Å²) in [4.78, 5) is 12.7. The molecule has 0 atom stereocenters. The summed E-state index contributed by atoms with van der Waals surface area (Å²) in [6.45, 7) is 6.42. The molecule has 1 heterocycles. The van der Waals surface area contributed by atoms with E-state index in [0.717, 1.165) is 17.8 Å². The number of hydrogen-bond acceptors (Lipinski definition) is 3. The molecular formula is C12H20ClN3O2. The second-order valence-corrected chi connectivity index (χ2v) is 4.95. The predicted molar refractivity (Wildman–Crippen MR) is 70.8 cm³/mol. The van der Waals surface area contributed by atoms with Crippen molar-refractivity contribution in [2.75, 3.05) is 6.54 Å². The van der Waals surface area contributed by atoms with Gasteiger partial charge in [-0.1, -0.05) is 18.5 Å². The Morgan fingerprint density at radius 1 is 1.56 bits per heavy atom. The number of halogens is 1. The van der Waals surface area contributed by atoms with Crippen LogP contribution in [-0.2, 0) is 24.8 Å². The smallest absolute Gasteiger partial charge is 0.317 e. The molecule has 0 aliphatic rings. The van der Waals surface area contributed by atoms with Crippen LogP contribution >= 0.6 is 11.6 Å². The van der Waals surface area contributed by atoms with Gasteiger partial charge in [-0.05, 0) is 20.3 Å². The quantitative estimate of drug-likeness (QED) is 0.860. The molecule has 1 N–H and O–H groups in total.